The molecule has 0 saturated heterocycles. The fourth-order valence-corrected chi connectivity index (χ4v) is 2.37. The van der Waals surface area contributed by atoms with Crippen LogP contribution in [0.4, 0.5) is 5.69 Å². The maximum atomic E-state index is 9.91. The molecule has 1 atom stereocenters. The molecule has 100 valence electrons. The number of phenols is 1. The number of rotatable bonds is 3. The maximum Gasteiger partial charge on any atom is 0.123 e. The van der Waals surface area contributed by atoms with Gasteiger partial charge >= 0.3 is 0 Å². The Morgan fingerprint density at radius 1 is 1.00 bits per heavy atom. The van der Waals surface area contributed by atoms with Crippen molar-refractivity contribution < 1.29 is 5.11 Å². The Kier molecular flexibility index (Phi) is 3.25. The van der Waals surface area contributed by atoms with Gasteiger partial charge in [-0.25, -0.2) is 0 Å². The van der Waals surface area contributed by atoms with Crippen LogP contribution in [0.2, 0.25) is 0 Å². The molecule has 0 amide bonds. The summed E-state index contributed by atoms with van der Waals surface area (Å²) in [5.41, 5.74) is 2.14. The molecular formula is C17H16N2O. The van der Waals surface area contributed by atoms with Crippen LogP contribution in [-0.2, 0) is 0 Å². The number of anilines is 1. The number of benzene rings is 2. The lowest BCUT2D eigenvalue weighted by Gasteiger charge is -2.17. The number of phenolic OH excluding ortho intramolecular Hbond substituents is 1. The van der Waals surface area contributed by atoms with Gasteiger partial charge in [0, 0.05) is 28.9 Å². The van der Waals surface area contributed by atoms with Crippen LogP contribution < -0.4 is 5.32 Å². The molecule has 0 radical (unpaired) electrons. The number of hydrogen-bond donors (Lipinski definition) is 2. The lowest BCUT2D eigenvalue weighted by molar-refractivity contribution is 0.481. The van der Waals surface area contributed by atoms with Crippen molar-refractivity contribution in [2.45, 2.75) is 13.0 Å². The van der Waals surface area contributed by atoms with Crippen LogP contribution in [0.1, 0.15) is 18.5 Å². The molecule has 2 aromatic carbocycles. The SMILES string of the molecule is CC(Nc1cccc2c(O)cccc12)c1cccnc1. The highest BCUT2D eigenvalue weighted by Gasteiger charge is 2.08. The third-order valence-electron chi connectivity index (χ3n) is 3.46. The van der Waals surface area contributed by atoms with Crippen molar-refractivity contribution in [3.63, 3.8) is 0 Å². The Morgan fingerprint density at radius 3 is 2.60 bits per heavy atom. The molecule has 3 rings (SSSR count). The van der Waals surface area contributed by atoms with E-state index in [1.807, 2.05) is 48.7 Å². The van der Waals surface area contributed by atoms with Gasteiger partial charge in [0.2, 0.25) is 0 Å². The first-order chi connectivity index (χ1) is 9.75. The number of aromatic nitrogens is 1. The summed E-state index contributed by atoms with van der Waals surface area (Å²) in [6.45, 7) is 2.10. The molecule has 0 spiro atoms. The Labute approximate surface area is 117 Å². The Hall–Kier alpha value is -2.55. The predicted octanol–water partition coefficient (Wildman–Crippen LogP) is 4.11. The van der Waals surface area contributed by atoms with Crippen molar-refractivity contribution in [1.29, 1.82) is 0 Å². The van der Waals surface area contributed by atoms with Crippen LogP contribution in [0.3, 0.4) is 0 Å². The summed E-state index contributed by atoms with van der Waals surface area (Å²) >= 11 is 0. The van der Waals surface area contributed by atoms with E-state index in [-0.39, 0.29) is 6.04 Å². The molecule has 3 nitrogen and oxygen atoms in total. The van der Waals surface area contributed by atoms with E-state index in [0.29, 0.717) is 5.75 Å². The van der Waals surface area contributed by atoms with E-state index in [1.54, 1.807) is 12.3 Å². The number of fused-ring (bicyclic) bond motifs is 1. The molecule has 1 aromatic heterocycles. The van der Waals surface area contributed by atoms with E-state index < -0.39 is 0 Å². The summed E-state index contributed by atoms with van der Waals surface area (Å²) in [4.78, 5) is 4.14. The van der Waals surface area contributed by atoms with Crippen molar-refractivity contribution in [2.75, 3.05) is 5.32 Å². The van der Waals surface area contributed by atoms with Gasteiger partial charge in [0.1, 0.15) is 5.75 Å². The zero-order valence-electron chi connectivity index (χ0n) is 11.2. The molecule has 3 aromatic rings. The summed E-state index contributed by atoms with van der Waals surface area (Å²) in [5, 5.41) is 15.3. The first kappa shape index (κ1) is 12.5. The topological polar surface area (TPSA) is 45.1 Å². The molecule has 0 aliphatic rings. The van der Waals surface area contributed by atoms with Crippen LogP contribution in [0, 0.1) is 0 Å². The molecule has 0 bridgehead atoms. The summed E-state index contributed by atoms with van der Waals surface area (Å²) < 4.78 is 0. The van der Waals surface area contributed by atoms with E-state index in [9.17, 15) is 5.11 Å². The Morgan fingerprint density at radius 2 is 1.80 bits per heavy atom. The van der Waals surface area contributed by atoms with Gasteiger partial charge in [-0.1, -0.05) is 30.3 Å². The second-order valence-electron chi connectivity index (χ2n) is 4.83. The second-order valence-corrected chi connectivity index (χ2v) is 4.83. The zero-order chi connectivity index (χ0) is 13.9. The minimum atomic E-state index is 0.150. The fraction of sp³-hybridized carbons (Fsp3) is 0.118. The maximum absolute atomic E-state index is 9.91. The number of pyridine rings is 1. The number of nitrogens with zero attached hydrogens (tertiary/aromatic N) is 1. The highest BCUT2D eigenvalue weighted by molar-refractivity contribution is 5.97. The molecule has 0 fully saturated rings. The molecule has 0 saturated carbocycles. The van der Waals surface area contributed by atoms with Crippen LogP contribution in [0.15, 0.2) is 60.9 Å². The highest BCUT2D eigenvalue weighted by Crippen LogP contribution is 2.31. The van der Waals surface area contributed by atoms with Crippen molar-refractivity contribution in [3.05, 3.63) is 66.5 Å². The third-order valence-corrected chi connectivity index (χ3v) is 3.46. The average molecular weight is 264 g/mol. The lowest BCUT2D eigenvalue weighted by Crippen LogP contribution is -2.07. The van der Waals surface area contributed by atoms with E-state index in [2.05, 4.69) is 17.2 Å². The van der Waals surface area contributed by atoms with Crippen LogP contribution >= 0.6 is 0 Å². The van der Waals surface area contributed by atoms with Gasteiger partial charge in [-0.3, -0.25) is 4.98 Å². The molecule has 2 N–H and O–H groups in total. The zero-order valence-corrected chi connectivity index (χ0v) is 11.2. The second kappa shape index (κ2) is 5.21. The molecular weight excluding hydrogens is 248 g/mol. The smallest absolute Gasteiger partial charge is 0.123 e. The largest absolute Gasteiger partial charge is 0.507 e. The van der Waals surface area contributed by atoms with Crippen molar-refractivity contribution in [1.82, 2.24) is 4.98 Å². The Bertz CT molecular complexity index is 725. The standard InChI is InChI=1S/C17H16N2O/c1-12(13-5-4-10-18-11-13)19-16-8-2-7-15-14(16)6-3-9-17(15)20/h2-12,19-20H,1H3. The summed E-state index contributed by atoms with van der Waals surface area (Å²) in [6.07, 6.45) is 3.63. The summed E-state index contributed by atoms with van der Waals surface area (Å²) in [5.74, 6) is 0.306. The summed E-state index contributed by atoms with van der Waals surface area (Å²) in [6, 6.07) is 15.6. The van der Waals surface area contributed by atoms with Gasteiger partial charge in [0.05, 0.1) is 6.04 Å². The average Bonchev–Trinajstić information content (AvgIpc) is 2.49. The monoisotopic (exact) mass is 264 g/mol. The van der Waals surface area contributed by atoms with Crippen LogP contribution in [0.5, 0.6) is 5.75 Å². The van der Waals surface area contributed by atoms with Gasteiger partial charge < -0.3 is 10.4 Å². The molecule has 0 aliphatic heterocycles. The quantitative estimate of drug-likeness (QED) is 0.748. The van der Waals surface area contributed by atoms with Crippen molar-refractivity contribution in [3.8, 4) is 5.75 Å². The molecule has 0 aliphatic carbocycles. The van der Waals surface area contributed by atoms with Gasteiger partial charge in [-0.15, -0.1) is 0 Å². The van der Waals surface area contributed by atoms with E-state index in [0.717, 1.165) is 22.0 Å². The third kappa shape index (κ3) is 2.30. The predicted molar refractivity (Wildman–Crippen MR) is 81.9 cm³/mol. The van der Waals surface area contributed by atoms with Gasteiger partial charge in [-0.2, -0.15) is 0 Å². The molecule has 1 heterocycles. The van der Waals surface area contributed by atoms with E-state index >= 15 is 0 Å². The number of aromatic hydroxyl groups is 1. The van der Waals surface area contributed by atoms with Crippen molar-refractivity contribution >= 4 is 16.5 Å². The van der Waals surface area contributed by atoms with Crippen LogP contribution in [0.25, 0.3) is 10.8 Å². The van der Waals surface area contributed by atoms with Gasteiger partial charge in [0.25, 0.3) is 0 Å². The van der Waals surface area contributed by atoms with E-state index in [1.165, 1.54) is 0 Å². The normalized spacial score (nSPS) is 12.2. The fourth-order valence-electron chi connectivity index (χ4n) is 2.37. The molecule has 1 unspecified atom stereocenters. The van der Waals surface area contributed by atoms with Gasteiger partial charge in [0.15, 0.2) is 0 Å². The first-order valence-corrected chi connectivity index (χ1v) is 6.63. The lowest BCUT2D eigenvalue weighted by atomic mass is 10.1. The number of nitrogens with one attached hydrogen (secondary N) is 1. The molecule has 3 heteroatoms. The summed E-state index contributed by atoms with van der Waals surface area (Å²) in [7, 11) is 0. The van der Waals surface area contributed by atoms with Gasteiger partial charge in [-0.05, 0) is 30.7 Å². The van der Waals surface area contributed by atoms with Crippen molar-refractivity contribution in [2.24, 2.45) is 0 Å². The number of hydrogen-bond acceptors (Lipinski definition) is 3. The van der Waals surface area contributed by atoms with E-state index in [4.69, 9.17) is 0 Å². The first-order valence-electron chi connectivity index (χ1n) is 6.63. The molecule has 20 heavy (non-hydrogen) atoms. The Balaban J connectivity index is 1.97. The van der Waals surface area contributed by atoms with Crippen LogP contribution in [-0.4, -0.2) is 10.1 Å². The highest BCUT2D eigenvalue weighted by atomic mass is 16.3. The minimum absolute atomic E-state index is 0.150. The minimum Gasteiger partial charge on any atom is -0.507 e.